The van der Waals surface area contributed by atoms with Crippen molar-refractivity contribution >= 4 is 29.6 Å². The van der Waals surface area contributed by atoms with E-state index in [1.165, 1.54) is 24.3 Å². The topological polar surface area (TPSA) is 75.7 Å². The summed E-state index contributed by atoms with van der Waals surface area (Å²) >= 11 is 0. The molecule has 3 aromatic rings. The summed E-state index contributed by atoms with van der Waals surface area (Å²) in [6.07, 6.45) is 1.37. The Kier molecular flexibility index (Phi) is 5.57. The monoisotopic (exact) mass is 416 g/mol. The summed E-state index contributed by atoms with van der Waals surface area (Å²) in [6, 6.07) is 20.6. The van der Waals surface area contributed by atoms with Crippen LogP contribution in [0.25, 0.3) is 6.08 Å². The minimum atomic E-state index is -0.928. The molecule has 4 rings (SSSR count). The number of hydrogen-bond acceptors (Lipinski definition) is 4. The molecule has 0 aliphatic carbocycles. The summed E-state index contributed by atoms with van der Waals surface area (Å²) in [6.45, 7) is 0.410. The highest BCUT2D eigenvalue weighted by molar-refractivity contribution is 6.39. The molecule has 7 heteroatoms. The van der Waals surface area contributed by atoms with Crippen LogP contribution < -0.4 is 15.0 Å². The Morgan fingerprint density at radius 1 is 0.903 bits per heavy atom. The fourth-order valence-electron chi connectivity index (χ4n) is 3.08. The second-order valence-electron chi connectivity index (χ2n) is 6.78. The van der Waals surface area contributed by atoms with Crippen molar-refractivity contribution in [3.63, 3.8) is 0 Å². The number of benzene rings is 3. The summed E-state index contributed by atoms with van der Waals surface area (Å²) in [7, 11) is 0. The molecule has 1 heterocycles. The SMILES string of the molecule is O=C1NC(=O)N(c2cccc(F)c2)C(=O)/C1=C/c1ccc(OCc2ccccc2)cc1. The van der Waals surface area contributed by atoms with E-state index in [1.807, 2.05) is 30.3 Å². The predicted molar refractivity (Wildman–Crippen MR) is 113 cm³/mol. The minimum absolute atomic E-state index is 0.0329. The van der Waals surface area contributed by atoms with Crippen LogP contribution in [0.2, 0.25) is 0 Å². The van der Waals surface area contributed by atoms with Crippen molar-refractivity contribution in [2.75, 3.05) is 4.90 Å². The number of halogens is 1. The number of carbonyl (C=O) groups excluding carboxylic acids is 3. The van der Waals surface area contributed by atoms with E-state index in [-0.39, 0.29) is 11.3 Å². The van der Waals surface area contributed by atoms with Gasteiger partial charge in [0.2, 0.25) is 0 Å². The van der Waals surface area contributed by atoms with Gasteiger partial charge >= 0.3 is 6.03 Å². The minimum Gasteiger partial charge on any atom is -0.489 e. The smallest absolute Gasteiger partial charge is 0.335 e. The van der Waals surface area contributed by atoms with Gasteiger partial charge in [0.1, 0.15) is 23.7 Å². The van der Waals surface area contributed by atoms with Crippen LogP contribution in [0.5, 0.6) is 5.75 Å². The van der Waals surface area contributed by atoms with Gasteiger partial charge in [-0.1, -0.05) is 48.5 Å². The van der Waals surface area contributed by atoms with Gasteiger partial charge in [0.05, 0.1) is 5.69 Å². The molecule has 3 aromatic carbocycles. The van der Waals surface area contributed by atoms with E-state index >= 15 is 0 Å². The molecule has 4 amide bonds. The maximum Gasteiger partial charge on any atom is 0.335 e. The lowest BCUT2D eigenvalue weighted by molar-refractivity contribution is -0.122. The number of ether oxygens (including phenoxy) is 1. The molecule has 0 atom stereocenters. The number of imide groups is 2. The highest BCUT2D eigenvalue weighted by Gasteiger charge is 2.36. The number of carbonyl (C=O) groups is 3. The van der Waals surface area contributed by atoms with Gasteiger partial charge in [0.25, 0.3) is 11.8 Å². The molecule has 0 spiro atoms. The van der Waals surface area contributed by atoms with E-state index in [9.17, 15) is 18.8 Å². The summed E-state index contributed by atoms with van der Waals surface area (Å²) < 4.78 is 19.3. The van der Waals surface area contributed by atoms with Crippen LogP contribution in [0.4, 0.5) is 14.9 Å². The molecule has 1 saturated heterocycles. The van der Waals surface area contributed by atoms with Crippen LogP contribution in [0.15, 0.2) is 84.4 Å². The molecule has 154 valence electrons. The normalized spacial score (nSPS) is 15.2. The van der Waals surface area contributed by atoms with E-state index in [0.717, 1.165) is 16.5 Å². The molecule has 6 nitrogen and oxygen atoms in total. The molecular weight excluding hydrogens is 399 g/mol. The van der Waals surface area contributed by atoms with Crippen LogP contribution in [0, 0.1) is 5.82 Å². The molecule has 1 N–H and O–H groups in total. The van der Waals surface area contributed by atoms with Crippen LogP contribution in [0.3, 0.4) is 0 Å². The van der Waals surface area contributed by atoms with Crippen molar-refractivity contribution in [1.82, 2.24) is 5.32 Å². The van der Waals surface area contributed by atoms with Crippen molar-refractivity contribution in [2.45, 2.75) is 6.61 Å². The standard InChI is InChI=1S/C24H17FN2O4/c25-18-7-4-8-19(14-18)27-23(29)21(22(28)26-24(27)30)13-16-9-11-20(12-10-16)31-15-17-5-2-1-3-6-17/h1-14H,15H2,(H,26,28,30)/b21-13+. The van der Waals surface area contributed by atoms with Gasteiger partial charge in [-0.15, -0.1) is 0 Å². The van der Waals surface area contributed by atoms with E-state index in [4.69, 9.17) is 4.74 Å². The van der Waals surface area contributed by atoms with Crippen LogP contribution in [0.1, 0.15) is 11.1 Å². The van der Waals surface area contributed by atoms with Crippen LogP contribution >= 0.6 is 0 Å². The van der Waals surface area contributed by atoms with Crippen molar-refractivity contribution < 1.29 is 23.5 Å². The Balaban J connectivity index is 1.53. The third-order valence-electron chi connectivity index (χ3n) is 4.61. The molecule has 1 aliphatic heterocycles. The Morgan fingerprint density at radius 2 is 1.65 bits per heavy atom. The Hall–Kier alpha value is -4.26. The first-order valence-corrected chi connectivity index (χ1v) is 9.45. The number of barbiturate groups is 1. The summed E-state index contributed by atoms with van der Waals surface area (Å²) in [5.41, 5.74) is 1.40. The molecule has 1 aliphatic rings. The van der Waals surface area contributed by atoms with Gasteiger partial charge in [-0.2, -0.15) is 0 Å². The maximum absolute atomic E-state index is 13.5. The van der Waals surface area contributed by atoms with Crippen molar-refractivity contribution in [2.24, 2.45) is 0 Å². The number of amides is 4. The van der Waals surface area contributed by atoms with Crippen molar-refractivity contribution in [3.05, 3.63) is 101 Å². The highest BCUT2D eigenvalue weighted by atomic mass is 19.1. The molecule has 0 aromatic heterocycles. The summed E-state index contributed by atoms with van der Waals surface area (Å²) in [4.78, 5) is 38.0. The second-order valence-corrected chi connectivity index (χ2v) is 6.78. The van der Waals surface area contributed by atoms with Crippen molar-refractivity contribution in [3.8, 4) is 5.75 Å². The van der Waals surface area contributed by atoms with Crippen LogP contribution in [-0.2, 0) is 16.2 Å². The highest BCUT2D eigenvalue weighted by Crippen LogP contribution is 2.23. The summed E-state index contributed by atoms with van der Waals surface area (Å²) in [5, 5.41) is 2.11. The van der Waals surface area contributed by atoms with Gasteiger partial charge in [0.15, 0.2) is 0 Å². The number of hydrogen-bond donors (Lipinski definition) is 1. The second kappa shape index (κ2) is 8.62. The zero-order valence-corrected chi connectivity index (χ0v) is 16.2. The van der Waals surface area contributed by atoms with E-state index < -0.39 is 23.7 Å². The average molecular weight is 416 g/mol. The van der Waals surface area contributed by atoms with Gasteiger partial charge in [-0.05, 0) is 47.5 Å². The fourth-order valence-corrected chi connectivity index (χ4v) is 3.08. The average Bonchev–Trinajstić information content (AvgIpc) is 2.77. The van der Waals surface area contributed by atoms with Crippen molar-refractivity contribution in [1.29, 1.82) is 0 Å². The zero-order chi connectivity index (χ0) is 21.8. The van der Waals surface area contributed by atoms with Crippen LogP contribution in [-0.4, -0.2) is 17.8 Å². The van der Waals surface area contributed by atoms with Gasteiger partial charge in [-0.25, -0.2) is 14.1 Å². The van der Waals surface area contributed by atoms with Gasteiger partial charge in [-0.3, -0.25) is 14.9 Å². The molecule has 1 fully saturated rings. The van der Waals surface area contributed by atoms with E-state index in [0.29, 0.717) is 17.9 Å². The number of rotatable bonds is 5. The first-order chi connectivity index (χ1) is 15.0. The number of anilines is 1. The van der Waals surface area contributed by atoms with E-state index in [2.05, 4.69) is 5.32 Å². The number of urea groups is 1. The fraction of sp³-hybridized carbons (Fsp3) is 0.0417. The van der Waals surface area contributed by atoms with E-state index in [1.54, 1.807) is 24.3 Å². The Bertz CT molecular complexity index is 1170. The third kappa shape index (κ3) is 4.51. The van der Waals surface area contributed by atoms with Gasteiger partial charge < -0.3 is 4.74 Å². The molecule has 0 bridgehead atoms. The molecule has 0 saturated carbocycles. The third-order valence-corrected chi connectivity index (χ3v) is 4.61. The van der Waals surface area contributed by atoms with Gasteiger partial charge in [0, 0.05) is 0 Å². The molecule has 31 heavy (non-hydrogen) atoms. The predicted octanol–water partition coefficient (Wildman–Crippen LogP) is 4.07. The largest absolute Gasteiger partial charge is 0.489 e. The lowest BCUT2D eigenvalue weighted by Crippen LogP contribution is -2.54. The number of nitrogens with zero attached hydrogens (tertiary/aromatic N) is 1. The lowest BCUT2D eigenvalue weighted by Gasteiger charge is -2.26. The Morgan fingerprint density at radius 3 is 2.35 bits per heavy atom. The summed E-state index contributed by atoms with van der Waals surface area (Å²) in [5.74, 6) is -1.62. The first kappa shape index (κ1) is 20.0. The molecule has 0 unspecified atom stereocenters. The number of nitrogens with one attached hydrogen (secondary N) is 1. The Labute approximate surface area is 177 Å². The molecular formula is C24H17FN2O4. The lowest BCUT2D eigenvalue weighted by atomic mass is 10.1. The first-order valence-electron chi connectivity index (χ1n) is 9.45. The molecule has 0 radical (unpaired) electrons. The maximum atomic E-state index is 13.5. The zero-order valence-electron chi connectivity index (χ0n) is 16.2. The quantitative estimate of drug-likeness (QED) is 0.503.